The molecule has 1 heterocycles. The standard InChI is InChI=1S/C12H17N3/c1-8-9(2)15(10-5-3-4-6-10)12(14)11(8)7-13/h10H,3-6,14H2,1-2H3. The summed E-state index contributed by atoms with van der Waals surface area (Å²) in [6, 6.07) is 2.72. The highest BCUT2D eigenvalue weighted by molar-refractivity contribution is 5.58. The predicted octanol–water partition coefficient (Wildman–Crippen LogP) is 2.67. The average molecular weight is 203 g/mol. The first kappa shape index (κ1) is 10.1. The van der Waals surface area contributed by atoms with Crippen LogP contribution in [0.25, 0.3) is 0 Å². The summed E-state index contributed by atoms with van der Waals surface area (Å²) in [7, 11) is 0. The summed E-state index contributed by atoms with van der Waals surface area (Å²) >= 11 is 0. The topological polar surface area (TPSA) is 54.7 Å². The summed E-state index contributed by atoms with van der Waals surface area (Å²) in [5, 5.41) is 9.04. The lowest BCUT2D eigenvalue weighted by Gasteiger charge is -2.16. The number of rotatable bonds is 1. The highest BCUT2D eigenvalue weighted by atomic mass is 15.1. The Morgan fingerprint density at radius 1 is 1.33 bits per heavy atom. The van der Waals surface area contributed by atoms with Crippen molar-refractivity contribution >= 4 is 5.82 Å². The minimum atomic E-state index is 0.519. The van der Waals surface area contributed by atoms with Gasteiger partial charge in [-0.25, -0.2) is 0 Å². The van der Waals surface area contributed by atoms with Crippen molar-refractivity contribution in [1.29, 1.82) is 5.26 Å². The lowest BCUT2D eigenvalue weighted by atomic mass is 10.2. The van der Waals surface area contributed by atoms with Gasteiger partial charge in [-0.2, -0.15) is 5.26 Å². The van der Waals surface area contributed by atoms with E-state index < -0.39 is 0 Å². The Morgan fingerprint density at radius 3 is 2.40 bits per heavy atom. The smallest absolute Gasteiger partial charge is 0.122 e. The fourth-order valence-electron chi connectivity index (χ4n) is 2.63. The van der Waals surface area contributed by atoms with Crippen LogP contribution in [0.4, 0.5) is 5.82 Å². The molecule has 0 unspecified atom stereocenters. The van der Waals surface area contributed by atoms with Gasteiger partial charge in [-0.15, -0.1) is 0 Å². The molecule has 0 aromatic carbocycles. The Labute approximate surface area is 90.5 Å². The third kappa shape index (κ3) is 1.41. The molecule has 15 heavy (non-hydrogen) atoms. The lowest BCUT2D eigenvalue weighted by molar-refractivity contribution is 0.516. The third-order valence-electron chi connectivity index (χ3n) is 3.60. The van der Waals surface area contributed by atoms with Gasteiger partial charge in [-0.05, 0) is 32.3 Å². The van der Waals surface area contributed by atoms with Gasteiger partial charge in [0.15, 0.2) is 0 Å². The lowest BCUT2D eigenvalue weighted by Crippen LogP contribution is -2.10. The minimum Gasteiger partial charge on any atom is -0.384 e. The molecule has 3 heteroatoms. The van der Waals surface area contributed by atoms with E-state index >= 15 is 0 Å². The summed E-state index contributed by atoms with van der Waals surface area (Å²) < 4.78 is 2.17. The largest absolute Gasteiger partial charge is 0.384 e. The van der Waals surface area contributed by atoms with Crippen LogP contribution in [0.3, 0.4) is 0 Å². The molecule has 0 bridgehead atoms. The zero-order valence-electron chi connectivity index (χ0n) is 9.38. The molecule has 2 N–H and O–H groups in total. The van der Waals surface area contributed by atoms with Crippen LogP contribution >= 0.6 is 0 Å². The van der Waals surface area contributed by atoms with E-state index in [1.807, 2.05) is 6.92 Å². The van der Waals surface area contributed by atoms with Gasteiger partial charge in [0, 0.05) is 11.7 Å². The van der Waals surface area contributed by atoms with Gasteiger partial charge in [0.2, 0.25) is 0 Å². The maximum absolute atomic E-state index is 9.04. The molecule has 0 atom stereocenters. The van der Waals surface area contributed by atoms with Gasteiger partial charge in [0.05, 0.1) is 5.56 Å². The van der Waals surface area contributed by atoms with Crippen molar-refractivity contribution in [1.82, 2.24) is 4.57 Å². The second-order valence-electron chi connectivity index (χ2n) is 4.39. The van der Waals surface area contributed by atoms with E-state index in [0.717, 1.165) is 11.3 Å². The zero-order valence-corrected chi connectivity index (χ0v) is 9.38. The van der Waals surface area contributed by atoms with Gasteiger partial charge < -0.3 is 10.3 Å². The first-order chi connectivity index (χ1) is 7.16. The maximum atomic E-state index is 9.04. The van der Waals surface area contributed by atoms with Crippen LogP contribution in [0.5, 0.6) is 0 Å². The van der Waals surface area contributed by atoms with Crippen LogP contribution in [-0.2, 0) is 0 Å². The van der Waals surface area contributed by atoms with Crippen LogP contribution < -0.4 is 5.73 Å². The van der Waals surface area contributed by atoms with E-state index in [2.05, 4.69) is 17.6 Å². The van der Waals surface area contributed by atoms with E-state index in [1.54, 1.807) is 0 Å². The molecule has 1 fully saturated rings. The molecule has 0 amide bonds. The molecule has 1 aromatic heterocycles. The van der Waals surface area contributed by atoms with Crippen molar-refractivity contribution in [3.8, 4) is 6.07 Å². The number of nitriles is 1. The third-order valence-corrected chi connectivity index (χ3v) is 3.60. The summed E-state index contributed by atoms with van der Waals surface area (Å²) in [6.45, 7) is 4.04. The van der Waals surface area contributed by atoms with E-state index in [1.165, 1.54) is 25.7 Å². The van der Waals surface area contributed by atoms with Crippen molar-refractivity contribution in [3.63, 3.8) is 0 Å². The van der Waals surface area contributed by atoms with Crippen LogP contribution in [0.15, 0.2) is 0 Å². The maximum Gasteiger partial charge on any atom is 0.122 e. The van der Waals surface area contributed by atoms with Gasteiger partial charge in [0.1, 0.15) is 11.9 Å². The molecular formula is C12H17N3. The Kier molecular flexibility index (Phi) is 2.44. The number of hydrogen-bond donors (Lipinski definition) is 1. The van der Waals surface area contributed by atoms with Crippen molar-refractivity contribution in [3.05, 3.63) is 16.8 Å². The number of nitrogens with two attached hydrogens (primary N) is 1. The van der Waals surface area contributed by atoms with Crippen LogP contribution in [-0.4, -0.2) is 4.57 Å². The number of anilines is 1. The summed E-state index contributed by atoms with van der Waals surface area (Å²) in [6.07, 6.45) is 4.96. The summed E-state index contributed by atoms with van der Waals surface area (Å²) in [4.78, 5) is 0. The molecule has 1 aromatic rings. The highest BCUT2D eigenvalue weighted by Crippen LogP contribution is 2.36. The Bertz CT molecular complexity index is 417. The molecule has 0 spiro atoms. The van der Waals surface area contributed by atoms with Gasteiger partial charge in [-0.3, -0.25) is 0 Å². The predicted molar refractivity (Wildman–Crippen MR) is 60.5 cm³/mol. The molecule has 2 rings (SSSR count). The Morgan fingerprint density at radius 2 is 1.93 bits per heavy atom. The molecule has 1 aliphatic carbocycles. The Balaban J connectivity index is 2.52. The molecule has 80 valence electrons. The summed E-state index contributed by atoms with van der Waals surface area (Å²) in [5.74, 6) is 0.666. The van der Waals surface area contributed by atoms with E-state index in [-0.39, 0.29) is 0 Å². The van der Waals surface area contributed by atoms with E-state index in [9.17, 15) is 0 Å². The normalized spacial score (nSPS) is 16.9. The molecule has 1 aliphatic rings. The molecular weight excluding hydrogens is 186 g/mol. The zero-order chi connectivity index (χ0) is 11.0. The average Bonchev–Trinajstić information content (AvgIpc) is 2.77. The molecule has 1 saturated carbocycles. The fraction of sp³-hybridized carbons (Fsp3) is 0.583. The van der Waals surface area contributed by atoms with Crippen LogP contribution in [0.1, 0.15) is 48.5 Å². The van der Waals surface area contributed by atoms with Crippen molar-refractivity contribution < 1.29 is 0 Å². The Hall–Kier alpha value is -1.43. The number of nitrogens with zero attached hydrogens (tertiary/aromatic N) is 2. The number of hydrogen-bond acceptors (Lipinski definition) is 2. The second-order valence-corrected chi connectivity index (χ2v) is 4.39. The summed E-state index contributed by atoms with van der Waals surface area (Å²) in [5.41, 5.74) is 8.91. The molecule has 3 nitrogen and oxygen atoms in total. The first-order valence-electron chi connectivity index (χ1n) is 5.53. The van der Waals surface area contributed by atoms with Crippen molar-refractivity contribution in [2.75, 3.05) is 5.73 Å². The molecule has 0 saturated heterocycles. The molecule has 0 radical (unpaired) electrons. The van der Waals surface area contributed by atoms with Crippen molar-refractivity contribution in [2.24, 2.45) is 0 Å². The van der Waals surface area contributed by atoms with Crippen molar-refractivity contribution in [2.45, 2.75) is 45.6 Å². The minimum absolute atomic E-state index is 0.519. The van der Waals surface area contributed by atoms with Crippen LogP contribution in [0.2, 0.25) is 0 Å². The van der Waals surface area contributed by atoms with E-state index in [4.69, 9.17) is 11.0 Å². The van der Waals surface area contributed by atoms with Gasteiger partial charge in [-0.1, -0.05) is 12.8 Å². The quantitative estimate of drug-likeness (QED) is 0.762. The SMILES string of the molecule is Cc1c(C#N)c(N)n(C2CCCC2)c1C. The number of nitrogen functional groups attached to an aromatic ring is 1. The number of aromatic nitrogens is 1. The van der Waals surface area contributed by atoms with Gasteiger partial charge >= 0.3 is 0 Å². The van der Waals surface area contributed by atoms with Gasteiger partial charge in [0.25, 0.3) is 0 Å². The van der Waals surface area contributed by atoms with Crippen LogP contribution in [0, 0.1) is 25.2 Å². The fourth-order valence-corrected chi connectivity index (χ4v) is 2.63. The monoisotopic (exact) mass is 203 g/mol. The highest BCUT2D eigenvalue weighted by Gasteiger charge is 2.23. The molecule has 0 aliphatic heterocycles. The van der Waals surface area contributed by atoms with E-state index in [0.29, 0.717) is 17.4 Å². The first-order valence-corrected chi connectivity index (χ1v) is 5.53. The second kappa shape index (κ2) is 3.62.